The van der Waals surface area contributed by atoms with Crippen molar-refractivity contribution >= 4 is 20.8 Å². The van der Waals surface area contributed by atoms with Crippen molar-refractivity contribution < 1.29 is 8.39 Å². The van der Waals surface area contributed by atoms with Crippen LogP contribution >= 0.6 is 0 Å². The molecule has 0 atom stereocenters. The Kier molecular flexibility index (Phi) is 2.81. The van der Waals surface area contributed by atoms with E-state index >= 15 is 0 Å². The third-order valence-corrected chi connectivity index (χ3v) is 0.553. The molecule has 0 aliphatic heterocycles. The lowest BCUT2D eigenvalue weighted by molar-refractivity contribution is 0.518. The Balaban J connectivity index is 3.41. The Hall–Kier alpha value is -0.270. The van der Waals surface area contributed by atoms with E-state index in [4.69, 9.17) is 0 Å². The number of hydrogen-bond acceptors (Lipinski definition) is 4. The highest BCUT2D eigenvalue weighted by Crippen LogP contribution is 1.62. The molecule has 0 saturated carbocycles. The Morgan fingerprint density at radius 3 is 2.50 bits per heavy atom. The van der Waals surface area contributed by atoms with Gasteiger partial charge < -0.3 is 8.39 Å². The van der Waals surface area contributed by atoms with E-state index in [2.05, 4.69) is 21.8 Å². The molecule has 0 heterocycles. The Labute approximate surface area is 42.4 Å². The van der Waals surface area contributed by atoms with Crippen LogP contribution in [0.25, 0.3) is 0 Å². The van der Waals surface area contributed by atoms with Gasteiger partial charge in [0.25, 0.3) is 0 Å². The molecule has 0 aromatic rings. The molecule has 0 saturated heterocycles. The molecule has 6 heavy (non-hydrogen) atoms. The molecule has 0 spiro atoms. The Morgan fingerprint density at radius 1 is 2.00 bits per heavy atom. The van der Waals surface area contributed by atoms with Crippen LogP contribution in [-0.2, 0) is 29.2 Å². The van der Waals surface area contributed by atoms with Crippen LogP contribution in [0, 0.1) is 12.5 Å². The highest BCUT2D eigenvalue weighted by molar-refractivity contribution is 8.19. The molecule has 0 bridgehead atoms. The number of rotatable bonds is 1. The fourth-order valence-electron chi connectivity index (χ4n) is 0.0393. The molecule has 2 nitrogen and oxygen atoms in total. The summed E-state index contributed by atoms with van der Waals surface area (Å²) in [5, 5.41) is 0. The molecule has 34 valence electrons. The van der Waals surface area contributed by atoms with Gasteiger partial charge in [0, 0.05) is 0 Å². The monoisotopic (exact) mass is 121 g/mol. The zero-order valence-electron chi connectivity index (χ0n) is 2.71. The van der Waals surface area contributed by atoms with Crippen LogP contribution in [0.3, 0.4) is 0 Å². The fourth-order valence-corrected chi connectivity index (χ4v) is 0.236. The summed E-state index contributed by atoms with van der Waals surface area (Å²) in [6.07, 6.45) is 6.16. The van der Waals surface area contributed by atoms with Crippen molar-refractivity contribution in [1.82, 2.24) is 0 Å². The highest BCUT2D eigenvalue weighted by atomic mass is 32.8. The third-order valence-electron chi connectivity index (χ3n) is 0.116. The van der Waals surface area contributed by atoms with Crippen molar-refractivity contribution in [1.29, 1.82) is 0 Å². The van der Waals surface area contributed by atoms with Gasteiger partial charge in [-0.2, -0.15) is 11.2 Å². The van der Waals surface area contributed by atoms with E-state index in [0.29, 0.717) is 0 Å². The SMILES string of the molecule is C#CO[S-](=O)=S. The first-order chi connectivity index (χ1) is 2.77. The quantitative estimate of drug-likeness (QED) is 0.359. The van der Waals surface area contributed by atoms with E-state index in [0.717, 1.165) is 0 Å². The molecule has 0 aliphatic rings. The summed E-state index contributed by atoms with van der Waals surface area (Å²) >= 11 is 3.99. The molecule has 0 aromatic heterocycles. The van der Waals surface area contributed by atoms with Gasteiger partial charge in [-0.25, -0.2) is 0 Å². The summed E-state index contributed by atoms with van der Waals surface area (Å²) < 4.78 is 13.5. The zero-order chi connectivity index (χ0) is 4.99. The highest BCUT2D eigenvalue weighted by Gasteiger charge is 1.46. The lowest BCUT2D eigenvalue weighted by Crippen LogP contribution is -1.68. The summed E-state index contributed by atoms with van der Waals surface area (Å²) in [6, 6.07) is 0. The van der Waals surface area contributed by atoms with Crippen LogP contribution < -0.4 is 0 Å². The first-order valence-corrected chi connectivity index (χ1v) is 2.99. The van der Waals surface area contributed by atoms with E-state index in [-0.39, 0.29) is 0 Å². The van der Waals surface area contributed by atoms with E-state index < -0.39 is 9.64 Å². The molecule has 0 aromatic carbocycles. The van der Waals surface area contributed by atoms with E-state index in [1.54, 1.807) is 6.11 Å². The topological polar surface area (TPSA) is 26.3 Å². The van der Waals surface area contributed by atoms with Gasteiger partial charge in [-0.3, -0.25) is 0 Å². The number of hydrogen-bond donors (Lipinski definition) is 0. The summed E-state index contributed by atoms with van der Waals surface area (Å²) in [4.78, 5) is 0. The molecule has 0 amide bonds. The lowest BCUT2D eigenvalue weighted by atomic mass is 11.3. The van der Waals surface area contributed by atoms with Crippen molar-refractivity contribution in [3.05, 3.63) is 0 Å². The van der Waals surface area contributed by atoms with Crippen LogP contribution in [0.15, 0.2) is 0 Å². The Morgan fingerprint density at radius 2 is 2.50 bits per heavy atom. The molecule has 0 unspecified atom stereocenters. The van der Waals surface area contributed by atoms with Gasteiger partial charge in [0.1, 0.15) is 0 Å². The molecular formula is C2HO2S2-. The first kappa shape index (κ1) is 5.73. The molecule has 4 heteroatoms. The second-order valence-corrected chi connectivity index (χ2v) is 1.80. The largest absolute Gasteiger partial charge is 0.506 e. The fraction of sp³-hybridized carbons (Fsp3) is 0. The summed E-state index contributed by atoms with van der Waals surface area (Å²) in [6.45, 7) is 0. The summed E-state index contributed by atoms with van der Waals surface area (Å²) in [7, 11) is -1.72. The predicted molar refractivity (Wildman–Crippen MR) is 25.3 cm³/mol. The van der Waals surface area contributed by atoms with Gasteiger partial charge in [0.2, 0.25) is 0 Å². The van der Waals surface area contributed by atoms with Crippen molar-refractivity contribution in [3.8, 4) is 12.5 Å². The molecule has 0 N–H and O–H groups in total. The van der Waals surface area contributed by atoms with Crippen molar-refractivity contribution in [2.45, 2.75) is 0 Å². The van der Waals surface area contributed by atoms with Crippen LogP contribution in [0.2, 0.25) is 0 Å². The van der Waals surface area contributed by atoms with Crippen LogP contribution in [0.4, 0.5) is 0 Å². The Bertz CT molecular complexity index is 121. The molecule has 0 fully saturated rings. The minimum atomic E-state index is -1.72. The predicted octanol–water partition coefficient (Wildman–Crippen LogP) is -0.0656. The second kappa shape index (κ2) is 2.94. The standard InChI is InChI=1S/C2HO2S2/c1-2-4-6(3)5/h1H/q-1. The van der Waals surface area contributed by atoms with E-state index in [1.165, 1.54) is 0 Å². The molecular weight excluding hydrogens is 120 g/mol. The van der Waals surface area contributed by atoms with Crippen molar-refractivity contribution in [2.24, 2.45) is 0 Å². The maximum atomic E-state index is 9.60. The summed E-state index contributed by atoms with van der Waals surface area (Å²) in [5.41, 5.74) is 0. The molecule has 0 radical (unpaired) electrons. The second-order valence-electron chi connectivity index (χ2n) is 0.405. The smallest absolute Gasteiger partial charge is 0.0879 e. The zero-order valence-corrected chi connectivity index (χ0v) is 4.34. The van der Waals surface area contributed by atoms with Crippen LogP contribution in [-0.4, -0.2) is 0 Å². The molecule has 0 rings (SSSR count). The molecule has 0 aliphatic carbocycles. The number of terminal acetylenes is 1. The van der Waals surface area contributed by atoms with Gasteiger partial charge >= 0.3 is 0 Å². The van der Waals surface area contributed by atoms with Crippen LogP contribution in [0.1, 0.15) is 0 Å². The average Bonchev–Trinajstić information content (AvgIpc) is 1.35. The minimum Gasteiger partial charge on any atom is -0.506 e. The maximum absolute atomic E-state index is 9.60. The lowest BCUT2D eigenvalue weighted by Gasteiger charge is -1.88. The van der Waals surface area contributed by atoms with Gasteiger partial charge in [-0.05, 0) is 9.64 Å². The first-order valence-electron chi connectivity index (χ1n) is 0.993. The van der Waals surface area contributed by atoms with Crippen LogP contribution in [0.5, 0.6) is 0 Å². The van der Waals surface area contributed by atoms with Gasteiger partial charge in [0.05, 0.1) is 6.11 Å². The normalized spacial score (nSPS) is 7.33. The average molecular weight is 121 g/mol. The third kappa shape index (κ3) is 3.73. The van der Waals surface area contributed by atoms with Gasteiger partial charge in [-0.15, -0.1) is 0 Å². The van der Waals surface area contributed by atoms with Gasteiger partial charge in [-0.1, -0.05) is 6.42 Å². The minimum absolute atomic E-state index is 1.66. The van der Waals surface area contributed by atoms with Crippen molar-refractivity contribution in [3.63, 3.8) is 0 Å². The summed E-state index contributed by atoms with van der Waals surface area (Å²) in [5.74, 6) is 0. The van der Waals surface area contributed by atoms with Crippen molar-refractivity contribution in [2.75, 3.05) is 0 Å². The van der Waals surface area contributed by atoms with E-state index in [9.17, 15) is 4.21 Å². The van der Waals surface area contributed by atoms with E-state index in [1.807, 2.05) is 0 Å². The maximum Gasteiger partial charge on any atom is 0.0879 e. The van der Waals surface area contributed by atoms with Gasteiger partial charge in [0.15, 0.2) is 0 Å².